The number of aryl methyl sites for hydroxylation is 1. The Morgan fingerprint density at radius 3 is 1.96 bits per heavy atom. The third kappa shape index (κ3) is 9.76. The topological polar surface area (TPSA) is 63.1 Å². The summed E-state index contributed by atoms with van der Waals surface area (Å²) in [6.45, 7) is 20.6. The summed E-state index contributed by atoms with van der Waals surface area (Å²) >= 11 is 2.09. The van der Waals surface area contributed by atoms with Crippen molar-refractivity contribution < 1.29 is 30.0 Å². The van der Waals surface area contributed by atoms with E-state index in [4.69, 9.17) is 9.97 Å². The maximum Gasteiger partial charge on any atom is 0.162 e. The van der Waals surface area contributed by atoms with Crippen LogP contribution in [-0.2, 0) is 24.9 Å². The molecule has 0 saturated heterocycles. The zero-order valence-electron chi connectivity index (χ0n) is 34.7. The van der Waals surface area contributed by atoms with Crippen LogP contribution < -0.4 is 9.69 Å². The fourth-order valence-electron chi connectivity index (χ4n) is 9.60. The van der Waals surface area contributed by atoms with Crippen LogP contribution in [-0.4, -0.2) is 37.0 Å². The Bertz CT molecular complexity index is 1840. The number of rotatable bonds is 12. The number of hydrogen-bond acceptors (Lipinski definition) is 5. The van der Waals surface area contributed by atoms with Gasteiger partial charge in [0.1, 0.15) is 14.4 Å². The average Bonchev–Trinajstić information content (AvgIpc) is 3.52. The van der Waals surface area contributed by atoms with Crippen LogP contribution in [0.2, 0.25) is 37.3 Å². The van der Waals surface area contributed by atoms with Gasteiger partial charge in [-0.25, -0.2) is 4.98 Å². The van der Waals surface area contributed by atoms with Crippen LogP contribution in [0.25, 0.3) is 32.2 Å². The number of thiophene rings is 1. The number of aromatic nitrogens is 2. The zero-order chi connectivity index (χ0) is 38.3. The normalized spacial score (nSPS) is 16.5. The molecule has 0 spiro atoms. The van der Waals surface area contributed by atoms with Gasteiger partial charge >= 0.3 is 0 Å². The SMILES string of the molecule is CCC(CC)C(=O)/C=C(\O)C(CC)CC.Cc1c([Si](C)(C2CCCCC2)C2CCCCC2)sc2c(-c3[c-]c4ccccc4c([Si](C)(C)C)c3)ncnc12.[Ir]. The van der Waals surface area contributed by atoms with Gasteiger partial charge in [0.25, 0.3) is 0 Å². The summed E-state index contributed by atoms with van der Waals surface area (Å²) in [7, 11) is -3.28. The van der Waals surface area contributed by atoms with E-state index >= 15 is 0 Å². The van der Waals surface area contributed by atoms with Crippen molar-refractivity contribution in [1.82, 2.24) is 9.97 Å². The van der Waals surface area contributed by atoms with Crippen molar-refractivity contribution in [3.8, 4) is 11.3 Å². The van der Waals surface area contributed by atoms with Crippen molar-refractivity contribution in [2.24, 2.45) is 11.8 Å². The molecule has 297 valence electrons. The van der Waals surface area contributed by atoms with Gasteiger partial charge in [-0.3, -0.25) is 9.78 Å². The van der Waals surface area contributed by atoms with Crippen molar-refractivity contribution in [3.05, 3.63) is 60.1 Å². The van der Waals surface area contributed by atoms with Crippen LogP contribution in [0.1, 0.15) is 123 Å². The van der Waals surface area contributed by atoms with Crippen LogP contribution in [0.4, 0.5) is 0 Å². The molecule has 6 rings (SSSR count). The smallest absolute Gasteiger partial charge is 0.162 e. The molecule has 4 nitrogen and oxygen atoms in total. The average molecular weight is 961 g/mol. The maximum atomic E-state index is 11.7. The first kappa shape index (κ1) is 44.7. The van der Waals surface area contributed by atoms with E-state index in [1.54, 1.807) is 4.50 Å². The Hall–Kier alpha value is -1.97. The summed E-state index contributed by atoms with van der Waals surface area (Å²) < 4.78 is 3.05. The maximum absolute atomic E-state index is 11.7. The summed E-state index contributed by atoms with van der Waals surface area (Å²) in [5, 5.41) is 13.8. The number of carbonyl (C=O) groups excluding carboxylic acids is 1. The molecule has 8 heteroatoms. The van der Waals surface area contributed by atoms with Crippen LogP contribution >= 0.6 is 11.3 Å². The molecule has 0 atom stereocenters. The Morgan fingerprint density at radius 1 is 0.870 bits per heavy atom. The predicted molar refractivity (Wildman–Crippen MR) is 236 cm³/mol. The molecule has 1 N–H and O–H groups in total. The largest absolute Gasteiger partial charge is 0.512 e. The number of hydrogen-bond donors (Lipinski definition) is 1. The van der Waals surface area contributed by atoms with Gasteiger partial charge in [-0.1, -0.05) is 147 Å². The Kier molecular flexibility index (Phi) is 16.5. The van der Waals surface area contributed by atoms with Gasteiger partial charge in [0, 0.05) is 48.4 Å². The van der Waals surface area contributed by atoms with Gasteiger partial charge in [0.15, 0.2) is 5.78 Å². The van der Waals surface area contributed by atoms with Gasteiger partial charge in [-0.05, 0) is 53.8 Å². The molecule has 2 saturated carbocycles. The van der Waals surface area contributed by atoms with E-state index in [0.29, 0.717) is 0 Å². The van der Waals surface area contributed by atoms with Crippen molar-refractivity contribution in [2.75, 3.05) is 0 Å². The minimum absolute atomic E-state index is 0. The van der Waals surface area contributed by atoms with Gasteiger partial charge < -0.3 is 5.11 Å². The second kappa shape index (κ2) is 19.9. The minimum atomic E-state index is -1.71. The number of benzene rings is 2. The number of aliphatic hydroxyl groups excluding tert-OH is 1. The first-order valence-corrected chi connectivity index (χ1v) is 28.0. The van der Waals surface area contributed by atoms with Crippen molar-refractivity contribution in [1.29, 1.82) is 0 Å². The number of aliphatic hydroxyl groups is 1. The summed E-state index contributed by atoms with van der Waals surface area (Å²) in [5.74, 6) is 0.547. The Labute approximate surface area is 346 Å². The van der Waals surface area contributed by atoms with Crippen molar-refractivity contribution in [3.63, 3.8) is 0 Å². The molecule has 2 aliphatic carbocycles. The van der Waals surface area contributed by atoms with Crippen LogP contribution in [0.3, 0.4) is 0 Å². The first-order valence-electron chi connectivity index (χ1n) is 21.0. The van der Waals surface area contributed by atoms with Gasteiger partial charge in [-0.15, -0.1) is 40.1 Å². The molecule has 0 aliphatic heterocycles. The molecule has 2 fully saturated rings. The van der Waals surface area contributed by atoms with E-state index in [1.165, 1.54) is 102 Å². The van der Waals surface area contributed by atoms with E-state index in [-0.39, 0.29) is 43.5 Å². The van der Waals surface area contributed by atoms with E-state index in [1.807, 2.05) is 34.0 Å². The second-order valence-corrected chi connectivity index (χ2v) is 28.4. The molecular formula is C46H67IrN2O2SSi2-. The monoisotopic (exact) mass is 960 g/mol. The quantitative estimate of drug-likeness (QED) is 0.0665. The molecule has 4 aromatic rings. The summed E-state index contributed by atoms with van der Waals surface area (Å²) in [6.07, 6.45) is 21.1. The molecule has 2 aromatic heterocycles. The Balaban J connectivity index is 0.000000347. The number of allylic oxidation sites excluding steroid dienone is 2. The van der Waals surface area contributed by atoms with Crippen LogP contribution in [0.5, 0.6) is 0 Å². The van der Waals surface area contributed by atoms with Gasteiger partial charge in [-0.2, -0.15) is 0 Å². The van der Waals surface area contributed by atoms with E-state index in [0.717, 1.165) is 48.0 Å². The second-order valence-electron chi connectivity index (χ2n) is 17.3. The fraction of sp³-hybridized carbons (Fsp3) is 0.587. The first-order chi connectivity index (χ1) is 25.4. The molecule has 2 aliphatic rings. The fourth-order valence-corrected chi connectivity index (χ4v) is 20.0. The van der Waals surface area contributed by atoms with Crippen molar-refractivity contribution in [2.45, 2.75) is 162 Å². The van der Waals surface area contributed by atoms with Crippen LogP contribution in [0, 0.1) is 24.8 Å². The van der Waals surface area contributed by atoms with Crippen molar-refractivity contribution >= 4 is 63.9 Å². The molecule has 0 bridgehead atoms. The molecule has 0 unspecified atom stereocenters. The van der Waals surface area contributed by atoms with Gasteiger partial charge in [0.2, 0.25) is 0 Å². The standard InChI is InChI=1S/C33H43N2SSi2.C13H24O2.Ir/c1-23-30-32(36-33(23)38(5,26-15-8-6-9-16-26)27-17-10-7-11-18-27)31(35-22-34-30)25-20-24-14-12-13-19-28(24)29(21-25)37(2,3)4;1-5-10(6-2)12(14)9-13(15)11(7-3)8-4;/h12-14,19,21-22,26-27H,6-11,15-18H2,1-5H3;9-11,14H,5-8H2,1-4H3;/q-1;;/b;12-9-;. The molecule has 1 radical (unpaired) electrons. The zero-order valence-corrected chi connectivity index (χ0v) is 40.0. The molecule has 54 heavy (non-hydrogen) atoms. The number of ketones is 1. The molecule has 0 amide bonds. The van der Waals surface area contributed by atoms with E-state index in [2.05, 4.69) is 80.8 Å². The van der Waals surface area contributed by atoms with E-state index in [9.17, 15) is 9.90 Å². The van der Waals surface area contributed by atoms with Gasteiger partial charge in [0.05, 0.1) is 19.3 Å². The summed E-state index contributed by atoms with van der Waals surface area (Å²) in [4.78, 5) is 21.6. The number of nitrogens with zero attached hydrogens (tertiary/aromatic N) is 2. The number of fused-ring (bicyclic) bond motifs is 2. The third-order valence-corrected chi connectivity index (χ3v) is 23.7. The molecule has 2 aromatic carbocycles. The minimum Gasteiger partial charge on any atom is -0.512 e. The summed E-state index contributed by atoms with van der Waals surface area (Å²) in [5.41, 5.74) is 6.78. The number of carbonyl (C=O) groups is 1. The summed E-state index contributed by atoms with van der Waals surface area (Å²) in [6, 6.07) is 15.0. The third-order valence-electron chi connectivity index (χ3n) is 13.0. The molecule has 2 heterocycles. The van der Waals surface area contributed by atoms with Crippen LogP contribution in [0.15, 0.2) is 48.5 Å². The Morgan fingerprint density at radius 2 is 1.43 bits per heavy atom. The van der Waals surface area contributed by atoms with E-state index < -0.39 is 16.1 Å². The molecular weight excluding hydrogens is 893 g/mol. The predicted octanol–water partition coefficient (Wildman–Crippen LogP) is 13.0.